The molecule has 0 aliphatic heterocycles. The standard InChI is InChI=1S/C29H19N3/c1-2-5-20(6-3-1)26-15-12-24-17-22(11-14-27(24)31-26)23-9-8-21-10-13-28(32-29(21)18-23)25-7-4-16-30-19-25/h1-19H. The zero-order valence-corrected chi connectivity index (χ0v) is 17.3. The van der Waals surface area contributed by atoms with Gasteiger partial charge in [-0.15, -0.1) is 0 Å². The fraction of sp³-hybridized carbons (Fsp3) is 0. The maximum atomic E-state index is 4.89. The molecule has 0 radical (unpaired) electrons. The molecule has 0 atom stereocenters. The summed E-state index contributed by atoms with van der Waals surface area (Å²) in [5.74, 6) is 0. The van der Waals surface area contributed by atoms with E-state index in [0.29, 0.717) is 0 Å². The normalized spacial score (nSPS) is 11.1. The molecule has 0 spiro atoms. The second kappa shape index (κ2) is 7.71. The fourth-order valence-corrected chi connectivity index (χ4v) is 4.05. The van der Waals surface area contributed by atoms with Gasteiger partial charge in [0.05, 0.1) is 22.4 Å². The minimum atomic E-state index is 0.930. The summed E-state index contributed by atoms with van der Waals surface area (Å²) in [6.07, 6.45) is 3.62. The predicted molar refractivity (Wildman–Crippen MR) is 131 cm³/mol. The number of aromatic nitrogens is 3. The third-order valence-corrected chi connectivity index (χ3v) is 5.74. The van der Waals surface area contributed by atoms with Gasteiger partial charge in [-0.3, -0.25) is 4.98 Å². The van der Waals surface area contributed by atoms with Crippen LogP contribution in [0.5, 0.6) is 0 Å². The summed E-state index contributed by atoms with van der Waals surface area (Å²) in [6, 6.07) is 35.5. The van der Waals surface area contributed by atoms with Crippen LogP contribution >= 0.6 is 0 Å². The Kier molecular flexibility index (Phi) is 4.43. The maximum absolute atomic E-state index is 4.89. The van der Waals surface area contributed by atoms with Crippen molar-refractivity contribution in [1.82, 2.24) is 15.0 Å². The lowest BCUT2D eigenvalue weighted by atomic mass is 10.0. The van der Waals surface area contributed by atoms with Gasteiger partial charge >= 0.3 is 0 Å². The summed E-state index contributed by atoms with van der Waals surface area (Å²) >= 11 is 0. The van der Waals surface area contributed by atoms with Gasteiger partial charge in [0.25, 0.3) is 0 Å². The third-order valence-electron chi connectivity index (χ3n) is 5.74. The summed E-state index contributed by atoms with van der Waals surface area (Å²) in [4.78, 5) is 14.0. The van der Waals surface area contributed by atoms with Gasteiger partial charge in [0.1, 0.15) is 0 Å². The van der Waals surface area contributed by atoms with Crippen LogP contribution in [-0.2, 0) is 0 Å². The van der Waals surface area contributed by atoms with Crippen LogP contribution in [0.2, 0.25) is 0 Å². The van der Waals surface area contributed by atoms with Crippen LogP contribution in [0.3, 0.4) is 0 Å². The van der Waals surface area contributed by atoms with Crippen LogP contribution in [0.4, 0.5) is 0 Å². The zero-order valence-electron chi connectivity index (χ0n) is 17.3. The molecule has 0 bridgehead atoms. The molecule has 0 unspecified atom stereocenters. The molecule has 150 valence electrons. The first-order valence-corrected chi connectivity index (χ1v) is 10.6. The van der Waals surface area contributed by atoms with Crippen LogP contribution in [0.15, 0.2) is 116 Å². The highest BCUT2D eigenvalue weighted by molar-refractivity contribution is 5.90. The smallest absolute Gasteiger partial charge is 0.0725 e. The third kappa shape index (κ3) is 3.40. The van der Waals surface area contributed by atoms with E-state index in [9.17, 15) is 0 Å². The fourth-order valence-electron chi connectivity index (χ4n) is 4.05. The largest absolute Gasteiger partial charge is 0.264 e. The summed E-state index contributed by atoms with van der Waals surface area (Å²) in [5.41, 5.74) is 8.33. The molecule has 6 aromatic rings. The second-order valence-electron chi connectivity index (χ2n) is 7.82. The monoisotopic (exact) mass is 409 g/mol. The highest BCUT2D eigenvalue weighted by Gasteiger charge is 2.07. The van der Waals surface area contributed by atoms with Crippen molar-refractivity contribution < 1.29 is 0 Å². The Labute approximate surface area is 186 Å². The van der Waals surface area contributed by atoms with Gasteiger partial charge in [-0.05, 0) is 53.6 Å². The van der Waals surface area contributed by atoms with Crippen molar-refractivity contribution in [1.29, 1.82) is 0 Å². The molecule has 0 fully saturated rings. The number of nitrogens with zero attached hydrogens (tertiary/aromatic N) is 3. The lowest BCUT2D eigenvalue weighted by Crippen LogP contribution is -1.88. The molecule has 6 rings (SSSR count). The van der Waals surface area contributed by atoms with E-state index in [-0.39, 0.29) is 0 Å². The van der Waals surface area contributed by atoms with Gasteiger partial charge in [-0.1, -0.05) is 60.7 Å². The summed E-state index contributed by atoms with van der Waals surface area (Å²) in [7, 11) is 0. The molecule has 3 aromatic heterocycles. The first-order chi connectivity index (χ1) is 15.8. The second-order valence-corrected chi connectivity index (χ2v) is 7.82. The maximum Gasteiger partial charge on any atom is 0.0725 e. The van der Waals surface area contributed by atoms with Gasteiger partial charge < -0.3 is 0 Å². The first-order valence-electron chi connectivity index (χ1n) is 10.6. The number of rotatable bonds is 3. The van der Waals surface area contributed by atoms with Crippen molar-refractivity contribution >= 4 is 21.8 Å². The van der Waals surface area contributed by atoms with E-state index in [1.165, 1.54) is 0 Å². The molecule has 3 heteroatoms. The minimum Gasteiger partial charge on any atom is -0.264 e. The number of benzene rings is 3. The van der Waals surface area contributed by atoms with Gasteiger partial charge in [-0.25, -0.2) is 9.97 Å². The first kappa shape index (κ1) is 18.4. The predicted octanol–water partition coefficient (Wildman–Crippen LogP) is 7.18. The highest BCUT2D eigenvalue weighted by atomic mass is 14.7. The van der Waals surface area contributed by atoms with E-state index in [0.717, 1.165) is 55.4 Å². The van der Waals surface area contributed by atoms with Crippen LogP contribution < -0.4 is 0 Å². The molecule has 0 saturated carbocycles. The van der Waals surface area contributed by atoms with Crippen LogP contribution in [-0.4, -0.2) is 15.0 Å². The van der Waals surface area contributed by atoms with Crippen molar-refractivity contribution in [2.45, 2.75) is 0 Å². The molecular weight excluding hydrogens is 390 g/mol. The lowest BCUT2D eigenvalue weighted by molar-refractivity contribution is 1.30. The average molecular weight is 409 g/mol. The van der Waals surface area contributed by atoms with Gasteiger partial charge in [0.15, 0.2) is 0 Å². The van der Waals surface area contributed by atoms with Crippen molar-refractivity contribution in [3.63, 3.8) is 0 Å². The Hall–Kier alpha value is -4.37. The highest BCUT2D eigenvalue weighted by Crippen LogP contribution is 2.29. The molecule has 0 saturated heterocycles. The van der Waals surface area contributed by atoms with E-state index in [2.05, 4.69) is 71.7 Å². The van der Waals surface area contributed by atoms with E-state index in [4.69, 9.17) is 9.97 Å². The Morgan fingerprint density at radius 1 is 0.438 bits per heavy atom. The van der Waals surface area contributed by atoms with Crippen molar-refractivity contribution in [3.8, 4) is 33.6 Å². The summed E-state index contributed by atoms with van der Waals surface area (Å²) in [6.45, 7) is 0. The molecule has 0 amide bonds. The lowest BCUT2D eigenvalue weighted by Gasteiger charge is -2.08. The van der Waals surface area contributed by atoms with Gasteiger partial charge in [0.2, 0.25) is 0 Å². The molecule has 3 heterocycles. The molecule has 0 N–H and O–H groups in total. The van der Waals surface area contributed by atoms with Crippen molar-refractivity contribution in [2.24, 2.45) is 0 Å². The SMILES string of the molecule is c1ccc(-c2ccc3cc(-c4ccc5ccc(-c6cccnc6)nc5c4)ccc3n2)cc1. The Balaban J connectivity index is 1.40. The number of hydrogen-bond donors (Lipinski definition) is 0. The Bertz CT molecular complexity index is 1560. The van der Waals surface area contributed by atoms with E-state index in [1.807, 2.05) is 42.6 Å². The van der Waals surface area contributed by atoms with Crippen LogP contribution in [0.25, 0.3) is 55.4 Å². The molecule has 0 aliphatic rings. The minimum absolute atomic E-state index is 0.930. The quantitative estimate of drug-likeness (QED) is 0.311. The zero-order chi connectivity index (χ0) is 21.3. The summed E-state index contributed by atoms with van der Waals surface area (Å²) in [5, 5.41) is 2.25. The molecule has 3 nitrogen and oxygen atoms in total. The Morgan fingerprint density at radius 3 is 1.97 bits per heavy atom. The van der Waals surface area contributed by atoms with Gasteiger partial charge in [-0.2, -0.15) is 0 Å². The van der Waals surface area contributed by atoms with Crippen LogP contribution in [0.1, 0.15) is 0 Å². The molecule has 3 aromatic carbocycles. The van der Waals surface area contributed by atoms with Crippen LogP contribution in [0, 0.1) is 0 Å². The average Bonchev–Trinajstić information content (AvgIpc) is 2.88. The number of hydrogen-bond acceptors (Lipinski definition) is 3. The van der Waals surface area contributed by atoms with E-state index in [1.54, 1.807) is 6.20 Å². The molecule has 32 heavy (non-hydrogen) atoms. The molecular formula is C29H19N3. The number of pyridine rings is 3. The van der Waals surface area contributed by atoms with E-state index >= 15 is 0 Å². The topological polar surface area (TPSA) is 38.7 Å². The Morgan fingerprint density at radius 2 is 1.12 bits per heavy atom. The summed E-state index contributed by atoms with van der Waals surface area (Å²) < 4.78 is 0. The van der Waals surface area contributed by atoms with E-state index < -0.39 is 0 Å². The van der Waals surface area contributed by atoms with Crippen molar-refractivity contribution in [3.05, 3.63) is 116 Å². The van der Waals surface area contributed by atoms with Crippen molar-refractivity contribution in [2.75, 3.05) is 0 Å². The molecule has 0 aliphatic carbocycles. The van der Waals surface area contributed by atoms with Gasteiger partial charge in [0, 0.05) is 34.3 Å². The number of fused-ring (bicyclic) bond motifs is 2.